The molecule has 0 spiro atoms. The highest BCUT2D eigenvalue weighted by Crippen LogP contribution is 2.24. The zero-order valence-corrected chi connectivity index (χ0v) is 10.8. The fraction of sp³-hybridized carbons (Fsp3) is 0.133. The van der Waals surface area contributed by atoms with Crippen LogP contribution in [-0.4, -0.2) is 5.78 Å². The molecule has 110 valence electrons. The number of hydrogen-bond acceptors (Lipinski definition) is 1. The monoisotopic (exact) mass is 300 g/mol. The Balaban J connectivity index is 2.45. The number of aryl methyl sites for hydroxylation is 1. The predicted molar refractivity (Wildman–Crippen MR) is 65.4 cm³/mol. The van der Waals surface area contributed by atoms with Gasteiger partial charge in [-0.3, -0.25) is 4.79 Å². The van der Waals surface area contributed by atoms with Crippen molar-refractivity contribution < 1.29 is 26.7 Å². The van der Waals surface area contributed by atoms with Crippen LogP contribution in [0.3, 0.4) is 0 Å². The summed E-state index contributed by atoms with van der Waals surface area (Å²) in [4.78, 5) is 11.8. The second-order valence-electron chi connectivity index (χ2n) is 4.53. The Bertz CT molecular complexity index is 695. The molecule has 1 nitrogen and oxygen atoms in total. The lowest BCUT2D eigenvalue weighted by Crippen LogP contribution is -2.14. The van der Waals surface area contributed by atoms with Gasteiger partial charge in [-0.2, -0.15) is 0 Å². The van der Waals surface area contributed by atoms with Gasteiger partial charge in [0.1, 0.15) is 0 Å². The third-order valence-corrected chi connectivity index (χ3v) is 2.94. The highest BCUT2D eigenvalue weighted by molar-refractivity contribution is 5.98. The Labute approximate surface area is 117 Å². The van der Waals surface area contributed by atoms with Crippen molar-refractivity contribution in [2.75, 3.05) is 0 Å². The van der Waals surface area contributed by atoms with Crippen LogP contribution < -0.4 is 0 Å². The Kier molecular flexibility index (Phi) is 4.06. The van der Waals surface area contributed by atoms with Crippen LogP contribution >= 0.6 is 0 Å². The van der Waals surface area contributed by atoms with Crippen molar-refractivity contribution in [3.8, 4) is 0 Å². The van der Waals surface area contributed by atoms with Crippen LogP contribution in [-0.2, 0) is 6.42 Å². The maximum atomic E-state index is 13.5. The molecule has 2 rings (SSSR count). The number of ketones is 1. The highest BCUT2D eigenvalue weighted by Gasteiger charge is 2.29. The summed E-state index contributed by atoms with van der Waals surface area (Å²) in [5.41, 5.74) is -0.186. The van der Waals surface area contributed by atoms with Crippen molar-refractivity contribution in [2.24, 2.45) is 0 Å². The number of carbonyl (C=O) groups excluding carboxylic acids is 1. The second-order valence-corrected chi connectivity index (χ2v) is 4.53. The molecule has 0 aliphatic heterocycles. The van der Waals surface area contributed by atoms with Crippen molar-refractivity contribution in [3.05, 3.63) is 70.0 Å². The topological polar surface area (TPSA) is 17.1 Å². The van der Waals surface area contributed by atoms with Crippen LogP contribution in [0, 0.1) is 36.0 Å². The molecular weight excluding hydrogens is 291 g/mol. The second kappa shape index (κ2) is 5.63. The first-order valence-electron chi connectivity index (χ1n) is 5.93. The molecule has 2 aromatic rings. The molecule has 0 saturated heterocycles. The quantitative estimate of drug-likeness (QED) is 0.361. The van der Waals surface area contributed by atoms with Crippen LogP contribution in [0.1, 0.15) is 21.5 Å². The number of hydrogen-bond donors (Lipinski definition) is 0. The van der Waals surface area contributed by atoms with Gasteiger partial charge in [0.2, 0.25) is 5.82 Å². The van der Waals surface area contributed by atoms with Crippen LogP contribution in [0.5, 0.6) is 0 Å². The van der Waals surface area contributed by atoms with Gasteiger partial charge in [-0.25, -0.2) is 22.0 Å². The van der Waals surface area contributed by atoms with E-state index in [4.69, 9.17) is 0 Å². The molecule has 0 aromatic heterocycles. The Morgan fingerprint density at radius 3 is 1.95 bits per heavy atom. The Morgan fingerprint density at radius 1 is 0.905 bits per heavy atom. The number of benzene rings is 2. The molecule has 0 radical (unpaired) electrons. The molecule has 0 amide bonds. The molecule has 6 heteroatoms. The largest absolute Gasteiger partial charge is 0.294 e. The molecule has 0 fully saturated rings. The van der Waals surface area contributed by atoms with Crippen molar-refractivity contribution in [1.82, 2.24) is 0 Å². The lowest BCUT2D eigenvalue weighted by atomic mass is 10.0. The van der Waals surface area contributed by atoms with Crippen LogP contribution in [0.15, 0.2) is 24.3 Å². The predicted octanol–water partition coefficient (Wildman–Crippen LogP) is 4.12. The number of Topliss-reactive ketones (excluding diaryl/α,β-unsaturated/α-hetero) is 1. The smallest absolute Gasteiger partial charge is 0.200 e. The summed E-state index contributed by atoms with van der Waals surface area (Å²) < 4.78 is 66.0. The molecule has 0 unspecified atom stereocenters. The van der Waals surface area contributed by atoms with Crippen LogP contribution in [0.2, 0.25) is 0 Å². The van der Waals surface area contributed by atoms with E-state index in [9.17, 15) is 26.7 Å². The summed E-state index contributed by atoms with van der Waals surface area (Å²) in [7, 11) is 0. The molecule has 0 aliphatic rings. The maximum absolute atomic E-state index is 13.5. The summed E-state index contributed by atoms with van der Waals surface area (Å²) in [6, 6.07) is 6.48. The first-order chi connectivity index (χ1) is 9.82. The molecule has 0 atom stereocenters. The first kappa shape index (κ1) is 15.2. The summed E-state index contributed by atoms with van der Waals surface area (Å²) in [5.74, 6) is -11.9. The van der Waals surface area contributed by atoms with E-state index in [1.165, 1.54) is 6.07 Å². The van der Waals surface area contributed by atoms with E-state index >= 15 is 0 Å². The van der Waals surface area contributed by atoms with E-state index in [0.717, 1.165) is 5.56 Å². The van der Waals surface area contributed by atoms with Gasteiger partial charge < -0.3 is 0 Å². The molecule has 2 aromatic carbocycles. The Hall–Kier alpha value is -2.24. The van der Waals surface area contributed by atoms with Gasteiger partial charge in [0.05, 0.1) is 5.56 Å². The maximum Gasteiger partial charge on any atom is 0.200 e. The number of halogens is 5. The van der Waals surface area contributed by atoms with Crippen LogP contribution in [0.4, 0.5) is 22.0 Å². The summed E-state index contributed by atoms with van der Waals surface area (Å²) in [6.07, 6.45) is -0.458. The standard InChI is InChI=1S/C15H9F5O/c1-7-3-2-4-8(5-7)6-9(21)10-11(16)13(18)15(20)14(19)12(10)17/h2-5H,6H2,1H3. The molecular formula is C15H9F5O. The lowest BCUT2D eigenvalue weighted by molar-refractivity contribution is 0.0981. The molecule has 0 bridgehead atoms. The minimum absolute atomic E-state index is 0.420. The third-order valence-electron chi connectivity index (χ3n) is 2.94. The molecule has 21 heavy (non-hydrogen) atoms. The minimum atomic E-state index is -2.28. The third kappa shape index (κ3) is 2.79. The first-order valence-corrected chi connectivity index (χ1v) is 5.93. The van der Waals surface area contributed by atoms with Gasteiger partial charge in [0.25, 0.3) is 0 Å². The fourth-order valence-corrected chi connectivity index (χ4v) is 1.95. The zero-order valence-electron chi connectivity index (χ0n) is 10.8. The van der Waals surface area contributed by atoms with Gasteiger partial charge in [0, 0.05) is 6.42 Å². The van der Waals surface area contributed by atoms with Crippen LogP contribution in [0.25, 0.3) is 0 Å². The average molecular weight is 300 g/mol. The Morgan fingerprint density at radius 2 is 1.43 bits per heavy atom. The molecule has 0 aliphatic carbocycles. The van der Waals surface area contributed by atoms with Gasteiger partial charge in [0.15, 0.2) is 29.1 Å². The van der Waals surface area contributed by atoms with Gasteiger partial charge >= 0.3 is 0 Å². The van der Waals surface area contributed by atoms with E-state index in [1.54, 1.807) is 25.1 Å². The molecule has 0 N–H and O–H groups in total. The van der Waals surface area contributed by atoms with Gasteiger partial charge in [-0.1, -0.05) is 29.8 Å². The van der Waals surface area contributed by atoms with E-state index in [1.807, 2.05) is 0 Å². The van der Waals surface area contributed by atoms with Crippen molar-refractivity contribution in [3.63, 3.8) is 0 Å². The van der Waals surface area contributed by atoms with E-state index in [0.29, 0.717) is 5.56 Å². The minimum Gasteiger partial charge on any atom is -0.294 e. The van der Waals surface area contributed by atoms with Gasteiger partial charge in [-0.15, -0.1) is 0 Å². The SMILES string of the molecule is Cc1cccc(CC(=O)c2c(F)c(F)c(F)c(F)c2F)c1. The highest BCUT2D eigenvalue weighted by atomic mass is 19.2. The van der Waals surface area contributed by atoms with Crippen molar-refractivity contribution in [2.45, 2.75) is 13.3 Å². The van der Waals surface area contributed by atoms with Gasteiger partial charge in [-0.05, 0) is 12.5 Å². The summed E-state index contributed by atoms with van der Waals surface area (Å²) >= 11 is 0. The number of carbonyl (C=O) groups is 1. The van der Waals surface area contributed by atoms with E-state index in [-0.39, 0.29) is 0 Å². The molecule has 0 heterocycles. The zero-order chi connectivity index (χ0) is 15.7. The average Bonchev–Trinajstić information content (AvgIpc) is 2.43. The normalized spacial score (nSPS) is 10.8. The molecule has 0 saturated carbocycles. The fourth-order valence-electron chi connectivity index (χ4n) is 1.95. The number of rotatable bonds is 3. The summed E-state index contributed by atoms with van der Waals surface area (Å²) in [6.45, 7) is 1.74. The van der Waals surface area contributed by atoms with Crippen molar-refractivity contribution in [1.29, 1.82) is 0 Å². The lowest BCUT2D eigenvalue weighted by Gasteiger charge is -2.08. The van der Waals surface area contributed by atoms with Crippen molar-refractivity contribution >= 4 is 5.78 Å². The van der Waals surface area contributed by atoms with E-state index < -0.39 is 46.9 Å². The summed E-state index contributed by atoms with van der Waals surface area (Å²) in [5, 5.41) is 0. The van der Waals surface area contributed by atoms with E-state index in [2.05, 4.69) is 0 Å².